The molecule has 1 fully saturated rings. The average Bonchev–Trinajstić information content (AvgIpc) is 3.19. The van der Waals surface area contributed by atoms with Crippen molar-refractivity contribution in [3.63, 3.8) is 0 Å². The number of piperidine rings is 1. The molecule has 0 spiro atoms. The van der Waals surface area contributed by atoms with Gasteiger partial charge in [0.1, 0.15) is 5.82 Å². The van der Waals surface area contributed by atoms with Crippen molar-refractivity contribution in [3.8, 4) is 0 Å². The summed E-state index contributed by atoms with van der Waals surface area (Å²) in [6.07, 6.45) is 6.03. The van der Waals surface area contributed by atoms with E-state index < -0.39 is 0 Å². The van der Waals surface area contributed by atoms with Crippen LogP contribution in [0.5, 0.6) is 0 Å². The Hall–Kier alpha value is -2.48. The van der Waals surface area contributed by atoms with Gasteiger partial charge in [-0.1, -0.05) is 0 Å². The average molecular weight is 398 g/mol. The highest BCUT2D eigenvalue weighted by Crippen LogP contribution is 2.28. The Balaban J connectivity index is 1.43. The smallest absolute Gasteiger partial charge is 0.320 e. The lowest BCUT2D eigenvalue weighted by Gasteiger charge is -2.35. The fraction of sp³-hybridized carbons (Fsp3) is 0.619. The molecule has 0 radical (unpaired) electrons. The van der Waals surface area contributed by atoms with E-state index in [0.717, 1.165) is 63.9 Å². The van der Waals surface area contributed by atoms with E-state index in [1.165, 1.54) is 12.0 Å². The minimum absolute atomic E-state index is 0.104. The van der Waals surface area contributed by atoms with Crippen molar-refractivity contribution >= 4 is 6.03 Å². The molecule has 8 heteroatoms. The first kappa shape index (κ1) is 19.8. The number of carbonyl (C=O) groups excluding carboxylic acids is 1. The molecular formula is C21H31N7O. The fourth-order valence-electron chi connectivity index (χ4n) is 4.50. The van der Waals surface area contributed by atoms with Gasteiger partial charge in [-0.05, 0) is 50.9 Å². The first-order valence-electron chi connectivity index (χ1n) is 10.8. The van der Waals surface area contributed by atoms with Crippen molar-refractivity contribution in [2.75, 3.05) is 32.7 Å². The normalized spacial score (nSPS) is 19.8. The van der Waals surface area contributed by atoms with Gasteiger partial charge in [0, 0.05) is 57.6 Å². The van der Waals surface area contributed by atoms with E-state index in [4.69, 9.17) is 0 Å². The van der Waals surface area contributed by atoms with Crippen molar-refractivity contribution in [2.24, 2.45) is 0 Å². The Labute approximate surface area is 172 Å². The highest BCUT2D eigenvalue weighted by Gasteiger charge is 2.31. The minimum Gasteiger partial charge on any atom is -0.325 e. The summed E-state index contributed by atoms with van der Waals surface area (Å²) in [5, 5.41) is 9.02. The molecule has 4 rings (SSSR count). The second kappa shape index (κ2) is 8.90. The quantitative estimate of drug-likeness (QED) is 0.774. The van der Waals surface area contributed by atoms with Gasteiger partial charge in [0.2, 0.25) is 0 Å². The molecule has 0 bridgehead atoms. The van der Waals surface area contributed by atoms with Crippen molar-refractivity contribution in [2.45, 2.75) is 52.2 Å². The number of nitrogens with zero attached hydrogens (tertiary/aromatic N) is 7. The molecule has 0 N–H and O–H groups in total. The van der Waals surface area contributed by atoms with Gasteiger partial charge in [-0.15, -0.1) is 10.2 Å². The molecule has 4 heterocycles. The van der Waals surface area contributed by atoms with Gasteiger partial charge >= 0.3 is 6.03 Å². The maximum Gasteiger partial charge on any atom is 0.320 e. The lowest BCUT2D eigenvalue weighted by atomic mass is 9.96. The molecule has 8 nitrogen and oxygen atoms in total. The molecule has 0 aromatic carbocycles. The number of rotatable bonds is 5. The summed E-state index contributed by atoms with van der Waals surface area (Å²) in [5.74, 6) is 2.41. The molecule has 2 aliphatic rings. The van der Waals surface area contributed by atoms with Crippen LogP contribution in [0.25, 0.3) is 0 Å². The molecule has 156 valence electrons. The van der Waals surface area contributed by atoms with Crippen LogP contribution >= 0.6 is 0 Å². The lowest BCUT2D eigenvalue weighted by molar-refractivity contribution is 0.142. The first-order valence-corrected chi connectivity index (χ1v) is 10.8. The van der Waals surface area contributed by atoms with Gasteiger partial charge in [-0.25, -0.2) is 4.79 Å². The number of carbonyl (C=O) groups is 1. The topological polar surface area (TPSA) is 70.4 Å². The van der Waals surface area contributed by atoms with E-state index in [1.54, 1.807) is 0 Å². The third-order valence-electron chi connectivity index (χ3n) is 6.11. The molecule has 2 aromatic rings. The maximum atomic E-state index is 12.7. The summed E-state index contributed by atoms with van der Waals surface area (Å²) in [5.41, 5.74) is 1.30. The predicted molar refractivity (Wildman–Crippen MR) is 110 cm³/mol. The molecule has 1 atom stereocenters. The Morgan fingerprint density at radius 1 is 1.14 bits per heavy atom. The summed E-state index contributed by atoms with van der Waals surface area (Å²) < 4.78 is 2.26. The van der Waals surface area contributed by atoms with E-state index in [-0.39, 0.29) is 6.03 Å². The summed E-state index contributed by atoms with van der Waals surface area (Å²) in [6, 6.07) is 4.28. The van der Waals surface area contributed by atoms with Crippen molar-refractivity contribution in [3.05, 3.63) is 41.7 Å². The monoisotopic (exact) mass is 397 g/mol. The largest absolute Gasteiger partial charge is 0.325 e. The Morgan fingerprint density at radius 2 is 1.93 bits per heavy atom. The molecule has 2 aromatic heterocycles. The molecule has 1 saturated heterocycles. The zero-order chi connectivity index (χ0) is 20.2. The predicted octanol–water partition coefficient (Wildman–Crippen LogP) is 2.33. The number of hydrogen-bond acceptors (Lipinski definition) is 5. The first-order chi connectivity index (χ1) is 14.2. The van der Waals surface area contributed by atoms with Crippen LogP contribution in [0.4, 0.5) is 4.79 Å². The van der Waals surface area contributed by atoms with Crippen LogP contribution in [0, 0.1) is 0 Å². The SMILES string of the molecule is CCN(CC)C(=O)N1CCn2c(nnc2C2CCCN(Cc3ccncc3)C2)C1. The zero-order valence-corrected chi connectivity index (χ0v) is 17.5. The molecule has 0 aliphatic carbocycles. The molecular weight excluding hydrogens is 366 g/mol. The van der Waals surface area contributed by atoms with Crippen LogP contribution in [-0.2, 0) is 19.6 Å². The molecule has 29 heavy (non-hydrogen) atoms. The lowest BCUT2D eigenvalue weighted by Crippen LogP contribution is -2.46. The second-order valence-electron chi connectivity index (χ2n) is 7.93. The van der Waals surface area contributed by atoms with Crippen molar-refractivity contribution < 1.29 is 4.79 Å². The standard InChI is InChI=1S/C21H31N7O/c1-3-26(4-2)21(29)27-12-13-28-19(16-27)23-24-20(28)18-6-5-11-25(15-18)14-17-7-9-22-10-8-17/h7-10,18H,3-6,11-16H2,1-2H3. The van der Waals surface area contributed by atoms with Gasteiger partial charge in [-0.2, -0.15) is 0 Å². The van der Waals surface area contributed by atoms with E-state index in [1.807, 2.05) is 36.0 Å². The van der Waals surface area contributed by atoms with E-state index >= 15 is 0 Å². The Kier molecular flexibility index (Phi) is 6.08. The van der Waals surface area contributed by atoms with E-state index in [0.29, 0.717) is 12.5 Å². The minimum atomic E-state index is 0.104. The van der Waals surface area contributed by atoms with Gasteiger partial charge < -0.3 is 14.4 Å². The number of urea groups is 1. The van der Waals surface area contributed by atoms with Crippen LogP contribution < -0.4 is 0 Å². The number of likely N-dealkylation sites (tertiary alicyclic amines) is 1. The fourth-order valence-corrected chi connectivity index (χ4v) is 4.50. The van der Waals surface area contributed by atoms with Gasteiger partial charge in [0.25, 0.3) is 0 Å². The zero-order valence-electron chi connectivity index (χ0n) is 17.5. The third-order valence-corrected chi connectivity index (χ3v) is 6.11. The Morgan fingerprint density at radius 3 is 2.69 bits per heavy atom. The third kappa shape index (κ3) is 4.27. The summed E-state index contributed by atoms with van der Waals surface area (Å²) in [6.45, 7) is 10.6. The molecule has 2 amide bonds. The van der Waals surface area contributed by atoms with Crippen LogP contribution in [0.3, 0.4) is 0 Å². The van der Waals surface area contributed by atoms with Gasteiger partial charge in [0.05, 0.1) is 6.54 Å². The second-order valence-corrected chi connectivity index (χ2v) is 7.93. The number of fused-ring (bicyclic) bond motifs is 1. The van der Waals surface area contributed by atoms with Crippen LogP contribution in [0.15, 0.2) is 24.5 Å². The van der Waals surface area contributed by atoms with Gasteiger partial charge in [-0.3, -0.25) is 9.88 Å². The Bertz CT molecular complexity index is 818. The molecule has 1 unspecified atom stereocenters. The molecule has 2 aliphatic heterocycles. The van der Waals surface area contributed by atoms with E-state index in [2.05, 4.69) is 36.8 Å². The molecule has 0 saturated carbocycles. The highest BCUT2D eigenvalue weighted by molar-refractivity contribution is 5.74. The van der Waals surface area contributed by atoms with Gasteiger partial charge in [0.15, 0.2) is 5.82 Å². The summed E-state index contributed by atoms with van der Waals surface area (Å²) in [4.78, 5) is 23.1. The summed E-state index contributed by atoms with van der Waals surface area (Å²) in [7, 11) is 0. The van der Waals surface area contributed by atoms with Crippen LogP contribution in [0.1, 0.15) is 49.8 Å². The van der Waals surface area contributed by atoms with Crippen LogP contribution in [-0.4, -0.2) is 73.2 Å². The van der Waals surface area contributed by atoms with E-state index in [9.17, 15) is 4.79 Å². The van der Waals surface area contributed by atoms with Crippen LogP contribution in [0.2, 0.25) is 0 Å². The number of aromatic nitrogens is 4. The summed E-state index contributed by atoms with van der Waals surface area (Å²) >= 11 is 0. The maximum absolute atomic E-state index is 12.7. The number of amides is 2. The number of hydrogen-bond donors (Lipinski definition) is 0. The number of pyridine rings is 1. The van der Waals surface area contributed by atoms with Crippen molar-refractivity contribution in [1.29, 1.82) is 0 Å². The highest BCUT2D eigenvalue weighted by atomic mass is 16.2. The van der Waals surface area contributed by atoms with Crippen molar-refractivity contribution in [1.82, 2.24) is 34.4 Å².